The fourth-order valence-corrected chi connectivity index (χ4v) is 3.45. The number of aryl methyl sites for hydroxylation is 2. The van der Waals surface area contributed by atoms with Crippen LogP contribution >= 0.6 is 27.3 Å². The molecule has 0 atom stereocenters. The van der Waals surface area contributed by atoms with Crippen molar-refractivity contribution < 1.29 is 9.18 Å². The van der Waals surface area contributed by atoms with Crippen LogP contribution in [0, 0.1) is 5.95 Å². The van der Waals surface area contributed by atoms with Gasteiger partial charge in [-0.15, -0.1) is 11.3 Å². The van der Waals surface area contributed by atoms with Crippen LogP contribution in [0.25, 0.3) is 0 Å². The van der Waals surface area contributed by atoms with E-state index in [4.69, 9.17) is 0 Å². The van der Waals surface area contributed by atoms with Crippen molar-refractivity contribution in [2.24, 2.45) is 5.10 Å². The molecule has 2 heterocycles. The molecule has 1 N–H and O–H groups in total. The minimum Gasteiger partial charge on any atom is -0.266 e. The Morgan fingerprint density at radius 2 is 2.38 bits per heavy atom. The van der Waals surface area contributed by atoms with E-state index < -0.39 is 5.95 Å². The molecule has 0 aliphatic heterocycles. The Hall–Kier alpha value is -1.54. The van der Waals surface area contributed by atoms with Gasteiger partial charge in [0.1, 0.15) is 0 Å². The third-order valence-electron chi connectivity index (χ3n) is 2.77. The highest BCUT2D eigenvalue weighted by Gasteiger charge is 2.12. The molecule has 0 unspecified atom stereocenters. The minimum atomic E-state index is -0.470. The molecular weight excluding hydrogens is 359 g/mol. The van der Waals surface area contributed by atoms with Gasteiger partial charge in [0.15, 0.2) is 0 Å². The molecule has 2 aromatic heterocycles. The molecule has 1 amide bonds. The van der Waals surface area contributed by atoms with Gasteiger partial charge in [0, 0.05) is 15.9 Å². The first-order valence-electron chi connectivity index (χ1n) is 6.39. The first-order valence-corrected chi connectivity index (χ1v) is 8.00. The molecule has 0 radical (unpaired) electrons. The fraction of sp³-hybridized carbons (Fsp3) is 0.308. The highest BCUT2D eigenvalue weighted by atomic mass is 79.9. The Morgan fingerprint density at radius 3 is 2.95 bits per heavy atom. The summed E-state index contributed by atoms with van der Waals surface area (Å²) in [5.41, 5.74) is 2.62. The Kier molecular flexibility index (Phi) is 5.24. The predicted octanol–water partition coefficient (Wildman–Crippen LogP) is 3.19. The minimum absolute atomic E-state index is 0.235. The van der Waals surface area contributed by atoms with Crippen LogP contribution in [0.4, 0.5) is 4.39 Å². The van der Waals surface area contributed by atoms with Gasteiger partial charge in [-0.3, -0.25) is 4.79 Å². The van der Waals surface area contributed by atoms with E-state index in [1.807, 2.05) is 6.92 Å². The molecule has 0 fully saturated rings. The summed E-state index contributed by atoms with van der Waals surface area (Å²) < 4.78 is 15.8. The van der Waals surface area contributed by atoms with Gasteiger partial charge in [0.25, 0.3) is 5.91 Å². The zero-order valence-corrected chi connectivity index (χ0v) is 14.0. The number of hydrogen-bond acceptors (Lipinski definition) is 4. The van der Waals surface area contributed by atoms with Gasteiger partial charge in [0.2, 0.25) is 5.95 Å². The van der Waals surface area contributed by atoms with Gasteiger partial charge in [-0.1, -0.05) is 6.92 Å². The molecular formula is C13H14BrFN4OS. The van der Waals surface area contributed by atoms with Crippen molar-refractivity contribution in [3.63, 3.8) is 0 Å². The number of thiophene rings is 1. The molecule has 5 nitrogen and oxygen atoms in total. The Labute approximate surface area is 134 Å². The molecule has 0 saturated heterocycles. The predicted molar refractivity (Wildman–Crippen MR) is 84.3 cm³/mol. The molecule has 21 heavy (non-hydrogen) atoms. The lowest BCUT2D eigenvalue weighted by Gasteiger charge is -1.96. The second kappa shape index (κ2) is 6.95. The topological polar surface area (TPSA) is 59.3 Å². The van der Waals surface area contributed by atoms with Crippen LogP contribution in [0.3, 0.4) is 0 Å². The maximum absolute atomic E-state index is 13.7. The van der Waals surface area contributed by atoms with Gasteiger partial charge < -0.3 is 0 Å². The van der Waals surface area contributed by atoms with Crippen molar-refractivity contribution in [2.45, 2.75) is 26.8 Å². The molecule has 0 aliphatic rings. The second-order valence-electron chi connectivity index (χ2n) is 4.14. The van der Waals surface area contributed by atoms with Gasteiger partial charge >= 0.3 is 0 Å². The Bertz CT molecular complexity index is 680. The number of hydrogen-bond donors (Lipinski definition) is 1. The normalized spacial score (nSPS) is 11.2. The lowest BCUT2D eigenvalue weighted by molar-refractivity contribution is 0.0959. The van der Waals surface area contributed by atoms with Crippen LogP contribution < -0.4 is 5.43 Å². The summed E-state index contributed by atoms with van der Waals surface area (Å²) >= 11 is 4.80. The maximum atomic E-state index is 13.7. The molecule has 2 aromatic rings. The van der Waals surface area contributed by atoms with Crippen molar-refractivity contribution >= 4 is 39.4 Å². The standard InChI is InChI=1S/C13H14BrFN4OS/c1-3-10-9(14)5-11(21-10)13(20)18-16-6-8-7-17-19(4-2)12(8)15/h5-7H,3-4H2,1-2H3,(H,18,20)/b16-6+. The zero-order valence-electron chi connectivity index (χ0n) is 11.6. The van der Waals surface area contributed by atoms with Crippen LogP contribution in [-0.4, -0.2) is 21.9 Å². The van der Waals surface area contributed by atoms with Crippen molar-refractivity contribution in [1.82, 2.24) is 15.2 Å². The van der Waals surface area contributed by atoms with E-state index in [0.717, 1.165) is 15.8 Å². The first kappa shape index (κ1) is 15.8. The summed E-state index contributed by atoms with van der Waals surface area (Å²) in [4.78, 5) is 13.6. The molecule has 0 bridgehead atoms. The van der Waals surface area contributed by atoms with E-state index in [0.29, 0.717) is 11.4 Å². The summed E-state index contributed by atoms with van der Waals surface area (Å²) in [5, 5.41) is 7.61. The van der Waals surface area contributed by atoms with E-state index in [1.54, 1.807) is 13.0 Å². The number of hydrazone groups is 1. The number of rotatable bonds is 5. The van der Waals surface area contributed by atoms with Gasteiger partial charge in [-0.2, -0.15) is 14.6 Å². The smallest absolute Gasteiger partial charge is 0.266 e. The number of carbonyl (C=O) groups excluding carboxylic acids is 1. The van der Waals surface area contributed by atoms with Gasteiger partial charge in [-0.05, 0) is 35.3 Å². The monoisotopic (exact) mass is 372 g/mol. The molecule has 0 aliphatic carbocycles. The number of carbonyl (C=O) groups is 1. The third-order valence-corrected chi connectivity index (χ3v) is 5.02. The molecule has 2 rings (SSSR count). The van der Waals surface area contributed by atoms with E-state index in [9.17, 15) is 9.18 Å². The quantitative estimate of drug-likeness (QED) is 0.647. The van der Waals surface area contributed by atoms with E-state index in [2.05, 4.69) is 31.6 Å². The Morgan fingerprint density at radius 1 is 1.62 bits per heavy atom. The van der Waals surface area contributed by atoms with Crippen LogP contribution in [0.2, 0.25) is 0 Å². The summed E-state index contributed by atoms with van der Waals surface area (Å²) in [6.07, 6.45) is 3.46. The molecule has 0 aromatic carbocycles. The number of nitrogens with one attached hydrogen (secondary N) is 1. The van der Waals surface area contributed by atoms with Gasteiger partial charge in [-0.25, -0.2) is 10.1 Å². The maximum Gasteiger partial charge on any atom is 0.281 e. The SMILES string of the molecule is CCc1sc(C(=O)N/N=C/c2cnn(CC)c2F)cc1Br. The van der Waals surface area contributed by atoms with E-state index >= 15 is 0 Å². The summed E-state index contributed by atoms with van der Waals surface area (Å²) in [6.45, 7) is 4.25. The van der Waals surface area contributed by atoms with Crippen LogP contribution in [0.15, 0.2) is 21.8 Å². The average Bonchev–Trinajstić information content (AvgIpc) is 3.02. The number of halogens is 2. The van der Waals surface area contributed by atoms with Gasteiger partial charge in [0.05, 0.1) is 22.9 Å². The Balaban J connectivity index is 2.02. The number of amides is 1. The van der Waals surface area contributed by atoms with E-state index in [1.165, 1.54) is 28.4 Å². The van der Waals surface area contributed by atoms with Crippen LogP contribution in [0.5, 0.6) is 0 Å². The molecule has 0 saturated carbocycles. The summed E-state index contributed by atoms with van der Waals surface area (Å²) in [6, 6.07) is 1.75. The van der Waals surface area contributed by atoms with Crippen LogP contribution in [-0.2, 0) is 13.0 Å². The lowest BCUT2D eigenvalue weighted by Crippen LogP contribution is -2.16. The number of aromatic nitrogens is 2. The van der Waals surface area contributed by atoms with Crippen LogP contribution in [0.1, 0.15) is 34.0 Å². The zero-order chi connectivity index (χ0) is 15.4. The first-order chi connectivity index (χ1) is 10.1. The third kappa shape index (κ3) is 3.56. The number of nitrogens with zero attached hydrogens (tertiary/aromatic N) is 3. The summed E-state index contributed by atoms with van der Waals surface area (Å²) in [5.74, 6) is -0.789. The van der Waals surface area contributed by atoms with E-state index in [-0.39, 0.29) is 11.5 Å². The lowest BCUT2D eigenvalue weighted by atomic mass is 10.3. The molecule has 8 heteroatoms. The van der Waals surface area contributed by atoms with Crippen molar-refractivity contribution in [1.29, 1.82) is 0 Å². The molecule has 112 valence electrons. The molecule has 0 spiro atoms. The van der Waals surface area contributed by atoms with Crippen molar-refractivity contribution in [3.05, 3.63) is 38.0 Å². The van der Waals surface area contributed by atoms with Crippen molar-refractivity contribution in [3.8, 4) is 0 Å². The average molecular weight is 373 g/mol. The highest BCUT2D eigenvalue weighted by Crippen LogP contribution is 2.27. The fourth-order valence-electron chi connectivity index (χ4n) is 1.67. The van der Waals surface area contributed by atoms with Crippen molar-refractivity contribution in [2.75, 3.05) is 0 Å². The largest absolute Gasteiger partial charge is 0.281 e. The highest BCUT2D eigenvalue weighted by molar-refractivity contribution is 9.10. The summed E-state index contributed by atoms with van der Waals surface area (Å²) in [7, 11) is 0. The second-order valence-corrected chi connectivity index (χ2v) is 6.13.